The Morgan fingerprint density at radius 2 is 1.74 bits per heavy atom. The van der Waals surface area contributed by atoms with Gasteiger partial charge in [0.1, 0.15) is 5.82 Å². The summed E-state index contributed by atoms with van der Waals surface area (Å²) in [5.74, 6) is 2.57. The Kier molecular flexibility index (Phi) is 4.29. The number of fused-ring (bicyclic) bond motifs is 2. The van der Waals surface area contributed by atoms with Crippen LogP contribution >= 0.6 is 11.6 Å². The monoisotopic (exact) mass is 380 g/mol. The summed E-state index contributed by atoms with van der Waals surface area (Å²) in [6.07, 6.45) is 6.96. The SMILES string of the molecule is Clc1cccc2c(-c3ccc4c(c3)OCO4)cnc(N3CCCCCC3)c12. The topological polar surface area (TPSA) is 34.6 Å². The van der Waals surface area contributed by atoms with E-state index >= 15 is 0 Å². The van der Waals surface area contributed by atoms with E-state index < -0.39 is 0 Å². The van der Waals surface area contributed by atoms with Gasteiger partial charge in [-0.05, 0) is 42.0 Å². The number of hydrogen-bond donors (Lipinski definition) is 0. The van der Waals surface area contributed by atoms with Gasteiger partial charge in [-0.3, -0.25) is 0 Å². The molecule has 5 rings (SSSR count). The molecule has 2 aliphatic heterocycles. The normalized spacial score (nSPS) is 16.6. The van der Waals surface area contributed by atoms with E-state index in [1.54, 1.807) is 0 Å². The average molecular weight is 381 g/mol. The third-order valence-electron chi connectivity index (χ3n) is 5.43. The zero-order valence-corrected chi connectivity index (χ0v) is 15.8. The molecular weight excluding hydrogens is 360 g/mol. The van der Waals surface area contributed by atoms with Gasteiger partial charge in [-0.1, -0.05) is 42.6 Å². The fraction of sp³-hybridized carbons (Fsp3) is 0.318. The van der Waals surface area contributed by atoms with E-state index in [1.807, 2.05) is 30.5 Å². The molecule has 3 aromatic rings. The molecule has 5 heteroatoms. The summed E-state index contributed by atoms with van der Waals surface area (Å²) >= 11 is 6.66. The highest BCUT2D eigenvalue weighted by atomic mass is 35.5. The van der Waals surface area contributed by atoms with Crippen molar-refractivity contribution in [3.8, 4) is 22.6 Å². The van der Waals surface area contributed by atoms with Crippen LogP contribution in [-0.4, -0.2) is 24.9 Å². The molecule has 27 heavy (non-hydrogen) atoms. The van der Waals surface area contributed by atoms with Gasteiger partial charge in [0.25, 0.3) is 0 Å². The quantitative estimate of drug-likeness (QED) is 0.574. The summed E-state index contributed by atoms with van der Waals surface area (Å²) < 4.78 is 11.0. The Morgan fingerprint density at radius 3 is 2.59 bits per heavy atom. The summed E-state index contributed by atoms with van der Waals surface area (Å²) in [7, 11) is 0. The molecule has 0 N–H and O–H groups in total. The van der Waals surface area contributed by atoms with Gasteiger partial charge in [-0.2, -0.15) is 0 Å². The van der Waals surface area contributed by atoms with Crippen LogP contribution in [0.4, 0.5) is 5.82 Å². The number of aromatic nitrogens is 1. The van der Waals surface area contributed by atoms with Crippen LogP contribution in [0.5, 0.6) is 11.5 Å². The van der Waals surface area contributed by atoms with Crippen LogP contribution in [0.1, 0.15) is 25.7 Å². The maximum Gasteiger partial charge on any atom is 0.231 e. The molecule has 138 valence electrons. The molecule has 4 nitrogen and oxygen atoms in total. The fourth-order valence-corrected chi connectivity index (χ4v) is 4.31. The van der Waals surface area contributed by atoms with E-state index in [-0.39, 0.29) is 6.79 Å². The van der Waals surface area contributed by atoms with E-state index in [1.165, 1.54) is 25.7 Å². The molecule has 0 amide bonds. The van der Waals surface area contributed by atoms with Crippen molar-refractivity contribution in [2.24, 2.45) is 0 Å². The van der Waals surface area contributed by atoms with Crippen LogP contribution < -0.4 is 14.4 Å². The van der Waals surface area contributed by atoms with Gasteiger partial charge in [0, 0.05) is 30.2 Å². The third-order valence-corrected chi connectivity index (χ3v) is 5.75. The van der Waals surface area contributed by atoms with Crippen molar-refractivity contribution < 1.29 is 9.47 Å². The Hall–Kier alpha value is -2.46. The lowest BCUT2D eigenvalue weighted by atomic mass is 9.99. The zero-order chi connectivity index (χ0) is 18.2. The number of halogens is 1. The van der Waals surface area contributed by atoms with Crippen molar-refractivity contribution in [2.75, 3.05) is 24.8 Å². The molecule has 0 spiro atoms. The van der Waals surface area contributed by atoms with E-state index in [0.29, 0.717) is 0 Å². The fourth-order valence-electron chi connectivity index (χ4n) is 4.05. The highest BCUT2D eigenvalue weighted by Gasteiger charge is 2.20. The second kappa shape index (κ2) is 6.93. The van der Waals surface area contributed by atoms with Crippen molar-refractivity contribution in [3.63, 3.8) is 0 Å². The summed E-state index contributed by atoms with van der Waals surface area (Å²) in [6, 6.07) is 12.1. The standard InChI is InChI=1S/C22H21ClN2O2/c23-18-7-5-6-16-17(15-8-9-19-20(12-15)27-14-26-19)13-24-22(21(16)18)25-10-3-1-2-4-11-25/h5-9,12-13H,1-4,10-11,14H2. The van der Waals surface area contributed by atoms with Crippen molar-refractivity contribution in [3.05, 3.63) is 47.6 Å². The highest BCUT2D eigenvalue weighted by molar-refractivity contribution is 6.37. The minimum atomic E-state index is 0.275. The van der Waals surface area contributed by atoms with Gasteiger partial charge < -0.3 is 14.4 Å². The van der Waals surface area contributed by atoms with Crippen molar-refractivity contribution in [1.82, 2.24) is 4.98 Å². The molecule has 1 saturated heterocycles. The van der Waals surface area contributed by atoms with E-state index in [9.17, 15) is 0 Å². The maximum atomic E-state index is 6.66. The van der Waals surface area contributed by atoms with Crippen molar-refractivity contribution in [2.45, 2.75) is 25.7 Å². The molecule has 0 radical (unpaired) electrons. The second-order valence-corrected chi connectivity index (χ2v) is 7.53. The zero-order valence-electron chi connectivity index (χ0n) is 15.1. The Bertz CT molecular complexity index is 997. The minimum absolute atomic E-state index is 0.275. The van der Waals surface area contributed by atoms with Crippen LogP contribution in [0.15, 0.2) is 42.6 Å². The predicted molar refractivity (Wildman–Crippen MR) is 109 cm³/mol. The maximum absolute atomic E-state index is 6.66. The number of hydrogen-bond acceptors (Lipinski definition) is 4. The van der Waals surface area contributed by atoms with Crippen molar-refractivity contribution in [1.29, 1.82) is 0 Å². The molecule has 0 unspecified atom stereocenters. The minimum Gasteiger partial charge on any atom is -0.454 e. The van der Waals surface area contributed by atoms with Gasteiger partial charge in [0.2, 0.25) is 6.79 Å². The van der Waals surface area contributed by atoms with Crippen LogP contribution in [0, 0.1) is 0 Å². The largest absolute Gasteiger partial charge is 0.454 e. The van der Waals surface area contributed by atoms with Gasteiger partial charge in [0.05, 0.1) is 5.02 Å². The summed E-state index contributed by atoms with van der Waals surface area (Å²) in [4.78, 5) is 7.27. The molecule has 0 aliphatic carbocycles. The Labute approximate surface area is 163 Å². The third kappa shape index (κ3) is 2.98. The lowest BCUT2D eigenvalue weighted by Crippen LogP contribution is -2.25. The van der Waals surface area contributed by atoms with Gasteiger partial charge in [0.15, 0.2) is 11.5 Å². The first-order chi connectivity index (χ1) is 13.3. The van der Waals surface area contributed by atoms with Crippen LogP contribution in [0.2, 0.25) is 5.02 Å². The lowest BCUT2D eigenvalue weighted by molar-refractivity contribution is 0.174. The first-order valence-electron chi connectivity index (χ1n) is 9.53. The Balaban J connectivity index is 1.67. The number of rotatable bonds is 2. The molecular formula is C22H21ClN2O2. The molecule has 1 fully saturated rings. The predicted octanol–water partition coefficient (Wildman–Crippen LogP) is 5.66. The second-order valence-electron chi connectivity index (χ2n) is 7.13. The number of anilines is 1. The number of benzene rings is 2. The molecule has 3 heterocycles. The Morgan fingerprint density at radius 1 is 0.926 bits per heavy atom. The molecule has 0 bridgehead atoms. The van der Waals surface area contributed by atoms with Crippen LogP contribution in [0.25, 0.3) is 21.9 Å². The van der Waals surface area contributed by atoms with E-state index in [2.05, 4.69) is 17.0 Å². The summed E-state index contributed by atoms with van der Waals surface area (Å²) in [5, 5.41) is 2.91. The molecule has 0 atom stereocenters. The van der Waals surface area contributed by atoms with Crippen molar-refractivity contribution >= 4 is 28.2 Å². The number of pyridine rings is 1. The summed E-state index contributed by atoms with van der Waals surface area (Å²) in [6.45, 7) is 2.35. The smallest absolute Gasteiger partial charge is 0.231 e. The van der Waals surface area contributed by atoms with E-state index in [0.717, 1.165) is 57.3 Å². The average Bonchev–Trinajstić information content (AvgIpc) is 2.99. The van der Waals surface area contributed by atoms with Crippen LogP contribution in [0.3, 0.4) is 0 Å². The summed E-state index contributed by atoms with van der Waals surface area (Å²) in [5.41, 5.74) is 2.12. The number of ether oxygens (including phenoxy) is 2. The molecule has 2 aromatic carbocycles. The molecule has 1 aromatic heterocycles. The molecule has 2 aliphatic rings. The van der Waals surface area contributed by atoms with Gasteiger partial charge in [-0.15, -0.1) is 0 Å². The van der Waals surface area contributed by atoms with Gasteiger partial charge >= 0.3 is 0 Å². The van der Waals surface area contributed by atoms with Gasteiger partial charge in [-0.25, -0.2) is 4.98 Å². The highest BCUT2D eigenvalue weighted by Crippen LogP contribution is 2.41. The number of nitrogens with zero attached hydrogens (tertiary/aromatic N) is 2. The lowest BCUT2D eigenvalue weighted by Gasteiger charge is -2.24. The molecule has 0 saturated carbocycles. The first kappa shape index (κ1) is 16.7. The van der Waals surface area contributed by atoms with E-state index in [4.69, 9.17) is 26.1 Å². The first-order valence-corrected chi connectivity index (χ1v) is 9.91. The van der Waals surface area contributed by atoms with Crippen LogP contribution in [-0.2, 0) is 0 Å².